The lowest BCUT2D eigenvalue weighted by molar-refractivity contribution is -0.137. The minimum atomic E-state index is -1.01. The first-order valence-corrected chi connectivity index (χ1v) is 11.3. The van der Waals surface area contributed by atoms with Crippen LogP contribution < -0.4 is 5.69 Å². The second-order valence-electron chi connectivity index (χ2n) is 8.81. The molecule has 0 aliphatic rings. The monoisotopic (exact) mass is 464 g/mol. The Labute approximate surface area is 201 Å². The molecule has 7 nitrogen and oxygen atoms in total. The fraction of sp³-hybridized carbons (Fsp3) is 0.179. The van der Waals surface area contributed by atoms with Gasteiger partial charge in [0.2, 0.25) is 0 Å². The summed E-state index contributed by atoms with van der Waals surface area (Å²) in [4.78, 5) is 25.7. The Bertz CT molecular complexity index is 1680. The van der Waals surface area contributed by atoms with E-state index in [0.29, 0.717) is 23.2 Å². The number of para-hydroxylation sites is 2. The third-order valence-electron chi connectivity index (χ3n) is 6.60. The molecule has 0 aliphatic heterocycles. The number of imidazole rings is 1. The first-order chi connectivity index (χ1) is 16.9. The third kappa shape index (κ3) is 3.79. The minimum absolute atomic E-state index is 0.257. The summed E-state index contributed by atoms with van der Waals surface area (Å²) in [6.07, 6.45) is 1.79. The zero-order valence-electron chi connectivity index (χ0n) is 19.5. The molecule has 7 heteroatoms. The highest BCUT2D eigenvalue weighted by molar-refractivity contribution is 5.87. The standard InChI is InChI=1S/C28H24N4O3/c1-18-6-5-9-24-27(18)21(16-30(24)2)17-31-22-7-3-4-8-23(22)32(28(31)35)25(14-26(33)34)20-12-10-19(15-29)11-13-20/h3-13,16,25H,14,17H2,1-2H3,(H,33,34)/t25-/m1/s1. The number of carboxylic acid groups (broad SMARTS) is 1. The van der Waals surface area contributed by atoms with Crippen molar-refractivity contribution in [2.75, 3.05) is 0 Å². The summed E-state index contributed by atoms with van der Waals surface area (Å²) < 4.78 is 5.35. The van der Waals surface area contributed by atoms with Gasteiger partial charge in [0.05, 0.1) is 41.7 Å². The van der Waals surface area contributed by atoms with Crippen LogP contribution in [0.3, 0.4) is 0 Å². The van der Waals surface area contributed by atoms with Gasteiger partial charge in [0.25, 0.3) is 0 Å². The Balaban J connectivity index is 1.71. The summed E-state index contributed by atoms with van der Waals surface area (Å²) >= 11 is 0. The van der Waals surface area contributed by atoms with Gasteiger partial charge in [0, 0.05) is 24.1 Å². The van der Waals surface area contributed by atoms with Gasteiger partial charge in [-0.25, -0.2) is 4.79 Å². The van der Waals surface area contributed by atoms with E-state index in [1.807, 2.05) is 43.6 Å². The Kier molecular flexibility index (Phi) is 5.50. The first kappa shape index (κ1) is 22.2. The van der Waals surface area contributed by atoms with Crippen LogP contribution in [0.2, 0.25) is 0 Å². The van der Waals surface area contributed by atoms with Crippen molar-refractivity contribution in [2.45, 2.75) is 25.9 Å². The normalized spacial score (nSPS) is 12.1. The van der Waals surface area contributed by atoms with E-state index in [4.69, 9.17) is 5.26 Å². The first-order valence-electron chi connectivity index (χ1n) is 11.3. The molecule has 0 aliphatic carbocycles. The lowest BCUT2D eigenvalue weighted by atomic mass is 10.0. The molecule has 174 valence electrons. The number of aromatic nitrogens is 3. The van der Waals surface area contributed by atoms with Gasteiger partial charge >= 0.3 is 11.7 Å². The Morgan fingerprint density at radius 1 is 1.00 bits per heavy atom. The number of aliphatic carboxylic acids is 1. The molecule has 0 fully saturated rings. The number of benzene rings is 3. The molecular formula is C28H24N4O3. The number of carboxylic acids is 1. The number of nitriles is 1. The summed E-state index contributed by atoms with van der Waals surface area (Å²) in [6, 6.07) is 21.7. The van der Waals surface area contributed by atoms with Crippen molar-refractivity contribution >= 4 is 27.9 Å². The van der Waals surface area contributed by atoms with Gasteiger partial charge in [-0.3, -0.25) is 13.9 Å². The molecule has 0 radical (unpaired) electrons. The molecule has 0 unspecified atom stereocenters. The van der Waals surface area contributed by atoms with Crippen molar-refractivity contribution in [3.8, 4) is 6.07 Å². The van der Waals surface area contributed by atoms with Gasteiger partial charge in [-0.15, -0.1) is 0 Å². The lowest BCUT2D eigenvalue weighted by Gasteiger charge is -2.17. The molecule has 0 spiro atoms. The summed E-state index contributed by atoms with van der Waals surface area (Å²) in [7, 11) is 1.99. The van der Waals surface area contributed by atoms with E-state index in [1.54, 1.807) is 33.4 Å². The van der Waals surface area contributed by atoms with Crippen molar-refractivity contribution in [1.82, 2.24) is 13.7 Å². The summed E-state index contributed by atoms with van der Waals surface area (Å²) in [5, 5.41) is 20.0. The number of fused-ring (bicyclic) bond motifs is 2. The van der Waals surface area contributed by atoms with E-state index in [1.165, 1.54) is 0 Å². The van der Waals surface area contributed by atoms with Gasteiger partial charge in [0.1, 0.15) is 0 Å². The fourth-order valence-corrected chi connectivity index (χ4v) is 5.01. The molecule has 0 bridgehead atoms. The van der Waals surface area contributed by atoms with Gasteiger partial charge < -0.3 is 9.67 Å². The SMILES string of the molecule is Cc1cccc2c1c(Cn1c(=O)n([C@H](CC(=O)O)c3ccc(C#N)cc3)c3ccccc31)cn2C. The maximum absolute atomic E-state index is 13.9. The molecule has 0 amide bonds. The fourth-order valence-electron chi connectivity index (χ4n) is 5.01. The topological polar surface area (TPSA) is 93.0 Å². The maximum Gasteiger partial charge on any atom is 0.330 e. The van der Waals surface area contributed by atoms with Crippen LogP contribution in [-0.2, 0) is 18.4 Å². The zero-order valence-corrected chi connectivity index (χ0v) is 19.5. The van der Waals surface area contributed by atoms with Gasteiger partial charge in [-0.05, 0) is 53.9 Å². The van der Waals surface area contributed by atoms with E-state index in [-0.39, 0.29) is 12.1 Å². The third-order valence-corrected chi connectivity index (χ3v) is 6.60. The van der Waals surface area contributed by atoms with Crippen LogP contribution in [0.4, 0.5) is 0 Å². The van der Waals surface area contributed by atoms with Crippen LogP contribution in [0.1, 0.15) is 34.7 Å². The molecule has 5 rings (SSSR count). The predicted molar refractivity (Wildman–Crippen MR) is 135 cm³/mol. The molecule has 5 aromatic rings. The number of carbonyl (C=O) groups is 1. The molecule has 0 saturated carbocycles. The van der Waals surface area contributed by atoms with Crippen molar-refractivity contribution in [3.63, 3.8) is 0 Å². The van der Waals surface area contributed by atoms with Gasteiger partial charge in [-0.1, -0.05) is 36.4 Å². The molecule has 1 atom stereocenters. The highest BCUT2D eigenvalue weighted by Crippen LogP contribution is 2.29. The van der Waals surface area contributed by atoms with E-state index in [0.717, 1.165) is 27.5 Å². The summed E-state index contributed by atoms with van der Waals surface area (Å²) in [5.74, 6) is -1.01. The Hall–Kier alpha value is -4.57. The van der Waals surface area contributed by atoms with E-state index in [2.05, 4.69) is 29.7 Å². The molecule has 1 N–H and O–H groups in total. The predicted octanol–water partition coefficient (Wildman–Crippen LogP) is 4.59. The van der Waals surface area contributed by atoms with Gasteiger partial charge in [0.15, 0.2) is 0 Å². The average molecular weight is 465 g/mol. The van der Waals surface area contributed by atoms with Crippen LogP contribution in [0.15, 0.2) is 77.7 Å². The van der Waals surface area contributed by atoms with Crippen LogP contribution in [-0.4, -0.2) is 24.8 Å². The maximum atomic E-state index is 13.9. The second-order valence-corrected chi connectivity index (χ2v) is 8.81. The number of nitrogens with zero attached hydrogens (tertiary/aromatic N) is 4. The lowest BCUT2D eigenvalue weighted by Crippen LogP contribution is -2.29. The number of hydrogen-bond acceptors (Lipinski definition) is 3. The van der Waals surface area contributed by atoms with Crippen molar-refractivity contribution in [1.29, 1.82) is 5.26 Å². The van der Waals surface area contributed by atoms with Crippen LogP contribution in [0, 0.1) is 18.3 Å². The van der Waals surface area contributed by atoms with Crippen LogP contribution in [0.25, 0.3) is 21.9 Å². The van der Waals surface area contributed by atoms with Gasteiger partial charge in [-0.2, -0.15) is 5.26 Å². The van der Waals surface area contributed by atoms with Crippen LogP contribution >= 0.6 is 0 Å². The Morgan fingerprint density at radius 3 is 2.37 bits per heavy atom. The summed E-state index contributed by atoms with van der Waals surface area (Å²) in [6.45, 7) is 2.42. The molecular weight excluding hydrogens is 440 g/mol. The van der Waals surface area contributed by atoms with Crippen molar-refractivity contribution < 1.29 is 9.90 Å². The second kappa shape index (κ2) is 8.65. The molecule has 35 heavy (non-hydrogen) atoms. The molecule has 3 aromatic carbocycles. The number of rotatable bonds is 6. The van der Waals surface area contributed by atoms with Crippen molar-refractivity contribution in [2.24, 2.45) is 7.05 Å². The Morgan fingerprint density at radius 2 is 1.69 bits per heavy atom. The molecule has 0 saturated heterocycles. The minimum Gasteiger partial charge on any atom is -0.481 e. The average Bonchev–Trinajstić information content (AvgIpc) is 3.32. The van der Waals surface area contributed by atoms with Crippen LogP contribution in [0.5, 0.6) is 0 Å². The highest BCUT2D eigenvalue weighted by Gasteiger charge is 2.25. The quantitative estimate of drug-likeness (QED) is 0.398. The number of aryl methyl sites for hydroxylation is 2. The molecule has 2 heterocycles. The smallest absolute Gasteiger partial charge is 0.330 e. The van der Waals surface area contributed by atoms with E-state index < -0.39 is 12.0 Å². The molecule has 2 aromatic heterocycles. The highest BCUT2D eigenvalue weighted by atomic mass is 16.4. The largest absolute Gasteiger partial charge is 0.481 e. The van der Waals surface area contributed by atoms with E-state index in [9.17, 15) is 14.7 Å². The summed E-state index contributed by atoms with van der Waals surface area (Å²) in [5.41, 5.74) is 5.54. The van der Waals surface area contributed by atoms with Crippen molar-refractivity contribution in [3.05, 3.63) is 106 Å². The number of hydrogen-bond donors (Lipinski definition) is 1. The van der Waals surface area contributed by atoms with E-state index >= 15 is 0 Å². The zero-order chi connectivity index (χ0) is 24.7.